The highest BCUT2D eigenvalue weighted by Gasteiger charge is 2.31. The Hall–Kier alpha value is -1.51. The number of carboxylic acid groups (broad SMARTS) is 1. The molecule has 1 heterocycles. The van der Waals surface area contributed by atoms with Crippen molar-refractivity contribution in [2.75, 3.05) is 6.61 Å². The molecule has 2 rings (SSSR count). The normalized spacial score (nSPS) is 17.7. The average molecular weight is 206 g/mol. The number of hydrogen-bond donors (Lipinski definition) is 1. The van der Waals surface area contributed by atoms with Crippen molar-refractivity contribution >= 4 is 5.97 Å². The number of rotatable bonds is 1. The summed E-state index contributed by atoms with van der Waals surface area (Å²) < 4.78 is 5.47. The topological polar surface area (TPSA) is 46.5 Å². The summed E-state index contributed by atoms with van der Waals surface area (Å²) in [7, 11) is 0. The number of hydrogen-bond acceptors (Lipinski definition) is 2. The second-order valence-electron chi connectivity index (χ2n) is 4.47. The number of benzene rings is 1. The number of aromatic carboxylic acids is 1. The van der Waals surface area contributed by atoms with E-state index in [1.807, 2.05) is 6.07 Å². The number of carbonyl (C=O) groups is 1. The minimum absolute atomic E-state index is 0.000949. The van der Waals surface area contributed by atoms with Crippen molar-refractivity contribution in [3.63, 3.8) is 0 Å². The van der Waals surface area contributed by atoms with Crippen LogP contribution in [-0.4, -0.2) is 17.7 Å². The Kier molecular flexibility index (Phi) is 2.18. The van der Waals surface area contributed by atoms with E-state index in [0.29, 0.717) is 12.4 Å². The molecule has 3 nitrogen and oxygen atoms in total. The van der Waals surface area contributed by atoms with Crippen LogP contribution in [0.25, 0.3) is 0 Å². The Balaban J connectivity index is 2.61. The average Bonchev–Trinajstić information content (AvgIpc) is 2.16. The van der Waals surface area contributed by atoms with E-state index in [9.17, 15) is 4.79 Å². The lowest BCUT2D eigenvalue weighted by molar-refractivity contribution is 0.0690. The molecule has 0 aromatic heterocycles. The van der Waals surface area contributed by atoms with Crippen molar-refractivity contribution in [2.24, 2.45) is 0 Å². The van der Waals surface area contributed by atoms with Gasteiger partial charge in [0.2, 0.25) is 0 Å². The first-order valence-electron chi connectivity index (χ1n) is 5.02. The fourth-order valence-corrected chi connectivity index (χ4v) is 1.94. The van der Waals surface area contributed by atoms with Gasteiger partial charge in [0.15, 0.2) is 0 Å². The van der Waals surface area contributed by atoms with E-state index >= 15 is 0 Å². The predicted molar refractivity (Wildman–Crippen MR) is 56.5 cm³/mol. The van der Waals surface area contributed by atoms with Crippen LogP contribution in [0.15, 0.2) is 18.2 Å². The molecule has 3 heteroatoms. The van der Waals surface area contributed by atoms with E-state index in [1.165, 1.54) is 0 Å². The van der Waals surface area contributed by atoms with Gasteiger partial charge < -0.3 is 9.84 Å². The first-order valence-corrected chi connectivity index (χ1v) is 5.02. The van der Waals surface area contributed by atoms with Crippen LogP contribution in [0, 0.1) is 0 Å². The minimum atomic E-state index is -0.926. The van der Waals surface area contributed by atoms with Gasteiger partial charge in [-0.05, 0) is 17.9 Å². The second-order valence-corrected chi connectivity index (χ2v) is 4.47. The molecule has 1 aromatic rings. The lowest BCUT2D eigenvalue weighted by atomic mass is 9.79. The molecule has 0 unspecified atom stereocenters. The van der Waals surface area contributed by atoms with Crippen LogP contribution in [0.5, 0.6) is 5.75 Å². The molecule has 0 bridgehead atoms. The molecule has 1 aliphatic rings. The summed E-state index contributed by atoms with van der Waals surface area (Å²) in [4.78, 5) is 11.0. The third-order valence-corrected chi connectivity index (χ3v) is 2.95. The van der Waals surface area contributed by atoms with Crippen LogP contribution in [0.2, 0.25) is 0 Å². The van der Waals surface area contributed by atoms with Gasteiger partial charge in [-0.2, -0.15) is 0 Å². The molecule has 0 fully saturated rings. The van der Waals surface area contributed by atoms with Crippen LogP contribution < -0.4 is 4.74 Å². The summed E-state index contributed by atoms with van der Waals surface area (Å²) in [6.45, 7) is 4.81. The van der Waals surface area contributed by atoms with Crippen molar-refractivity contribution < 1.29 is 14.6 Å². The van der Waals surface area contributed by atoms with Crippen molar-refractivity contribution in [1.29, 1.82) is 0 Å². The molecule has 0 amide bonds. The lowest BCUT2D eigenvalue weighted by Gasteiger charge is -2.32. The van der Waals surface area contributed by atoms with Crippen LogP contribution in [0.4, 0.5) is 0 Å². The molecule has 0 atom stereocenters. The van der Waals surface area contributed by atoms with E-state index in [4.69, 9.17) is 9.84 Å². The highest BCUT2D eigenvalue weighted by Crippen LogP contribution is 2.40. The van der Waals surface area contributed by atoms with Gasteiger partial charge >= 0.3 is 5.97 Å². The maximum Gasteiger partial charge on any atom is 0.339 e. The zero-order valence-corrected chi connectivity index (χ0v) is 8.91. The van der Waals surface area contributed by atoms with Crippen LogP contribution in [0.1, 0.15) is 36.2 Å². The van der Waals surface area contributed by atoms with E-state index in [2.05, 4.69) is 13.8 Å². The fourth-order valence-electron chi connectivity index (χ4n) is 1.94. The number of fused-ring (bicyclic) bond motifs is 1. The minimum Gasteiger partial charge on any atom is -0.492 e. The molecule has 0 spiro atoms. The van der Waals surface area contributed by atoms with Crippen molar-refractivity contribution in [3.8, 4) is 5.75 Å². The maximum absolute atomic E-state index is 11.0. The van der Waals surface area contributed by atoms with Gasteiger partial charge in [-0.25, -0.2) is 4.79 Å². The number of carboxylic acids is 1. The van der Waals surface area contributed by atoms with Gasteiger partial charge in [-0.3, -0.25) is 0 Å². The quantitative estimate of drug-likeness (QED) is 0.767. The van der Waals surface area contributed by atoms with Gasteiger partial charge in [-0.15, -0.1) is 0 Å². The van der Waals surface area contributed by atoms with E-state index in [0.717, 1.165) is 12.0 Å². The van der Waals surface area contributed by atoms with Crippen LogP contribution >= 0.6 is 0 Å². The molecule has 80 valence electrons. The second kappa shape index (κ2) is 3.26. The Morgan fingerprint density at radius 3 is 2.87 bits per heavy atom. The molecule has 0 aliphatic carbocycles. The molecule has 1 aromatic carbocycles. The van der Waals surface area contributed by atoms with Crippen LogP contribution in [-0.2, 0) is 5.41 Å². The standard InChI is InChI=1S/C12H14O3/c1-12(2)6-7-15-10-8(11(13)14)4-3-5-9(10)12/h3-5H,6-7H2,1-2H3,(H,13,14). The highest BCUT2D eigenvalue weighted by atomic mass is 16.5. The summed E-state index contributed by atoms with van der Waals surface area (Å²) in [5.74, 6) is -0.384. The predicted octanol–water partition coefficient (Wildman–Crippen LogP) is 2.44. The molecule has 0 saturated heterocycles. The van der Waals surface area contributed by atoms with Crippen molar-refractivity contribution in [3.05, 3.63) is 29.3 Å². The first-order chi connectivity index (χ1) is 7.02. The molecular weight excluding hydrogens is 192 g/mol. The largest absolute Gasteiger partial charge is 0.492 e. The highest BCUT2D eigenvalue weighted by molar-refractivity contribution is 5.91. The number of ether oxygens (including phenoxy) is 1. The summed E-state index contributed by atoms with van der Waals surface area (Å²) in [6.07, 6.45) is 0.920. The Morgan fingerprint density at radius 2 is 2.20 bits per heavy atom. The fraction of sp³-hybridized carbons (Fsp3) is 0.417. The number of para-hydroxylation sites is 1. The summed E-state index contributed by atoms with van der Waals surface area (Å²) in [6, 6.07) is 5.31. The van der Waals surface area contributed by atoms with E-state index in [1.54, 1.807) is 12.1 Å². The molecule has 0 saturated carbocycles. The van der Waals surface area contributed by atoms with Gasteiger partial charge in [0, 0.05) is 5.56 Å². The van der Waals surface area contributed by atoms with Gasteiger partial charge in [-0.1, -0.05) is 26.0 Å². The van der Waals surface area contributed by atoms with Gasteiger partial charge in [0.25, 0.3) is 0 Å². The molecular formula is C12H14O3. The molecule has 15 heavy (non-hydrogen) atoms. The monoisotopic (exact) mass is 206 g/mol. The van der Waals surface area contributed by atoms with Gasteiger partial charge in [0.1, 0.15) is 11.3 Å². The molecule has 0 radical (unpaired) electrons. The lowest BCUT2D eigenvalue weighted by Crippen LogP contribution is -2.27. The van der Waals surface area contributed by atoms with Crippen molar-refractivity contribution in [1.82, 2.24) is 0 Å². The summed E-state index contributed by atoms with van der Waals surface area (Å²) in [5.41, 5.74) is 1.26. The maximum atomic E-state index is 11.0. The Morgan fingerprint density at radius 1 is 1.47 bits per heavy atom. The third-order valence-electron chi connectivity index (χ3n) is 2.95. The smallest absolute Gasteiger partial charge is 0.339 e. The van der Waals surface area contributed by atoms with E-state index in [-0.39, 0.29) is 11.0 Å². The van der Waals surface area contributed by atoms with Gasteiger partial charge in [0.05, 0.1) is 6.61 Å². The molecule has 1 N–H and O–H groups in total. The zero-order chi connectivity index (χ0) is 11.1. The van der Waals surface area contributed by atoms with E-state index < -0.39 is 5.97 Å². The summed E-state index contributed by atoms with van der Waals surface area (Å²) >= 11 is 0. The van der Waals surface area contributed by atoms with Crippen molar-refractivity contribution in [2.45, 2.75) is 25.7 Å². The van der Waals surface area contributed by atoms with Crippen LogP contribution in [0.3, 0.4) is 0 Å². The Labute approximate surface area is 88.7 Å². The Bertz CT molecular complexity index is 407. The third kappa shape index (κ3) is 1.58. The SMILES string of the molecule is CC1(C)CCOc2c(C(=O)O)cccc21. The summed E-state index contributed by atoms with van der Waals surface area (Å²) in [5, 5.41) is 9.03. The zero-order valence-electron chi connectivity index (χ0n) is 8.91. The first kappa shape index (κ1) is 10.0. The molecule has 1 aliphatic heterocycles.